The summed E-state index contributed by atoms with van der Waals surface area (Å²) in [5.74, 6) is 2.53. The van der Waals surface area contributed by atoms with Gasteiger partial charge in [0.15, 0.2) is 11.8 Å². The molecule has 8 heteroatoms. The van der Waals surface area contributed by atoms with Crippen LogP contribution in [-0.4, -0.2) is 32.3 Å². The molecule has 0 aliphatic carbocycles. The van der Waals surface area contributed by atoms with Crippen LogP contribution in [0.5, 0.6) is 0 Å². The van der Waals surface area contributed by atoms with Gasteiger partial charge in [0.1, 0.15) is 5.82 Å². The number of fused-ring (bicyclic) bond motifs is 1. The van der Waals surface area contributed by atoms with Crippen LogP contribution in [0.4, 0.5) is 0 Å². The molecule has 0 amide bonds. The van der Waals surface area contributed by atoms with E-state index in [9.17, 15) is 0 Å². The van der Waals surface area contributed by atoms with Crippen LogP contribution in [0.15, 0.2) is 59.7 Å². The number of nitrogens with one attached hydrogen (secondary N) is 3. The highest BCUT2D eigenvalue weighted by Gasteiger charge is 2.08. The molecule has 0 unspecified atom stereocenters. The Bertz CT molecular complexity index is 1180. The van der Waals surface area contributed by atoms with Crippen LogP contribution in [0.3, 0.4) is 0 Å². The smallest absolute Gasteiger partial charge is 0.191 e. The van der Waals surface area contributed by atoms with Crippen molar-refractivity contribution < 1.29 is 0 Å². The van der Waals surface area contributed by atoms with Crippen molar-refractivity contribution in [3.8, 4) is 0 Å². The third-order valence-corrected chi connectivity index (χ3v) is 5.47. The number of halogens is 1. The van der Waals surface area contributed by atoms with E-state index < -0.39 is 0 Å². The number of nitrogens with zero attached hydrogens (tertiary/aromatic N) is 4. The minimum absolute atomic E-state index is 0. The summed E-state index contributed by atoms with van der Waals surface area (Å²) in [6, 6.07) is 16.8. The lowest BCUT2D eigenvalue weighted by molar-refractivity contribution is 0.713. The molecule has 3 N–H and O–H groups in total. The molecule has 0 aliphatic heterocycles. The number of aryl methyl sites for hydroxylation is 2. The number of hydrogen-bond donors (Lipinski definition) is 3. The quantitative estimate of drug-likeness (QED) is 0.187. The fourth-order valence-corrected chi connectivity index (χ4v) is 3.52. The Hall–Kier alpha value is -2.88. The van der Waals surface area contributed by atoms with E-state index in [-0.39, 0.29) is 24.0 Å². The van der Waals surface area contributed by atoms with Gasteiger partial charge in [-0.25, -0.2) is 4.99 Å². The maximum Gasteiger partial charge on any atom is 0.191 e. The zero-order valence-electron chi connectivity index (χ0n) is 18.7. The fraction of sp³-hybridized carbons (Fsp3) is 0.292. The van der Waals surface area contributed by atoms with E-state index in [1.807, 2.05) is 36.7 Å². The van der Waals surface area contributed by atoms with Gasteiger partial charge < -0.3 is 20.2 Å². The van der Waals surface area contributed by atoms with Gasteiger partial charge in [-0.05, 0) is 43.0 Å². The molecular formula is C24H30IN7. The second-order valence-electron chi connectivity index (χ2n) is 7.77. The van der Waals surface area contributed by atoms with Crippen LogP contribution in [0.1, 0.15) is 28.3 Å². The average molecular weight is 543 g/mol. The van der Waals surface area contributed by atoms with Crippen molar-refractivity contribution >= 4 is 40.8 Å². The Labute approximate surface area is 205 Å². The Morgan fingerprint density at radius 2 is 1.88 bits per heavy atom. The van der Waals surface area contributed by atoms with Gasteiger partial charge in [-0.2, -0.15) is 0 Å². The lowest BCUT2D eigenvalue weighted by Gasteiger charge is -2.12. The minimum atomic E-state index is 0. The third kappa shape index (κ3) is 5.87. The first-order valence-electron chi connectivity index (χ1n) is 10.6. The highest BCUT2D eigenvalue weighted by Crippen LogP contribution is 2.19. The molecule has 4 aromatic rings. The second kappa shape index (κ2) is 11.1. The van der Waals surface area contributed by atoms with E-state index in [1.165, 1.54) is 27.6 Å². The zero-order chi connectivity index (χ0) is 21.6. The van der Waals surface area contributed by atoms with Crippen molar-refractivity contribution in [2.24, 2.45) is 12.0 Å². The Morgan fingerprint density at radius 3 is 2.62 bits per heavy atom. The predicted molar refractivity (Wildman–Crippen MR) is 140 cm³/mol. The van der Waals surface area contributed by atoms with Crippen molar-refractivity contribution in [2.45, 2.75) is 33.4 Å². The number of hydrogen-bond acceptors (Lipinski definition) is 3. The molecule has 4 rings (SSSR count). The fourth-order valence-electron chi connectivity index (χ4n) is 3.52. The Kier molecular flexibility index (Phi) is 8.26. The van der Waals surface area contributed by atoms with Crippen molar-refractivity contribution in [3.63, 3.8) is 0 Å². The topological polar surface area (TPSA) is 82.9 Å². The summed E-state index contributed by atoms with van der Waals surface area (Å²) >= 11 is 0. The normalized spacial score (nSPS) is 11.4. The highest BCUT2D eigenvalue weighted by atomic mass is 127. The van der Waals surface area contributed by atoms with Crippen LogP contribution < -0.4 is 10.6 Å². The van der Waals surface area contributed by atoms with Gasteiger partial charge in [0.2, 0.25) is 0 Å². The first-order chi connectivity index (χ1) is 15.1. The number of aromatic amines is 1. The Morgan fingerprint density at radius 1 is 1.06 bits per heavy atom. The molecule has 2 aromatic carbocycles. The molecule has 0 atom stereocenters. The molecule has 2 aromatic heterocycles. The van der Waals surface area contributed by atoms with Gasteiger partial charge >= 0.3 is 0 Å². The predicted octanol–water partition coefficient (Wildman–Crippen LogP) is 4.01. The van der Waals surface area contributed by atoms with E-state index >= 15 is 0 Å². The lowest BCUT2D eigenvalue weighted by Crippen LogP contribution is -2.38. The van der Waals surface area contributed by atoms with Gasteiger partial charge in [-0.3, -0.25) is 0 Å². The SMILES string of the molecule is Cc1ccc2c(CCNC(=NCc3ccccc3)NCc3nnc(C)n3C)c[nH]c2c1.I. The van der Waals surface area contributed by atoms with Crippen LogP contribution in [0, 0.1) is 13.8 Å². The lowest BCUT2D eigenvalue weighted by atomic mass is 10.1. The number of aromatic nitrogens is 4. The first kappa shape index (κ1) is 23.8. The van der Waals surface area contributed by atoms with E-state index in [4.69, 9.17) is 4.99 Å². The van der Waals surface area contributed by atoms with Crippen LogP contribution in [-0.2, 0) is 26.6 Å². The standard InChI is InChI=1S/C24H29N7.HI/c1-17-9-10-21-20(15-26-22(21)13-17)11-12-25-24(27-14-19-7-5-4-6-8-19)28-16-23-30-29-18(2)31(23)3;/h4-10,13,15,26H,11-12,14,16H2,1-3H3,(H2,25,27,28);1H. The molecule has 2 heterocycles. The second-order valence-corrected chi connectivity index (χ2v) is 7.77. The third-order valence-electron chi connectivity index (χ3n) is 5.47. The molecule has 7 nitrogen and oxygen atoms in total. The van der Waals surface area contributed by atoms with Gasteiger partial charge in [-0.15, -0.1) is 34.2 Å². The first-order valence-corrected chi connectivity index (χ1v) is 10.6. The Balaban J connectivity index is 0.00000289. The van der Waals surface area contributed by atoms with Crippen molar-refractivity contribution in [1.29, 1.82) is 0 Å². The zero-order valence-corrected chi connectivity index (χ0v) is 21.1. The molecule has 0 aliphatic rings. The molecular weight excluding hydrogens is 513 g/mol. The number of guanidine groups is 1. The summed E-state index contributed by atoms with van der Waals surface area (Å²) in [6.45, 7) is 6.01. The molecule has 32 heavy (non-hydrogen) atoms. The maximum atomic E-state index is 4.77. The molecule has 0 radical (unpaired) electrons. The molecule has 0 spiro atoms. The molecule has 0 bridgehead atoms. The molecule has 0 saturated carbocycles. The maximum absolute atomic E-state index is 4.77. The summed E-state index contributed by atoms with van der Waals surface area (Å²) < 4.78 is 1.98. The molecule has 0 fully saturated rings. The van der Waals surface area contributed by atoms with Crippen molar-refractivity contribution in [1.82, 2.24) is 30.4 Å². The summed E-state index contributed by atoms with van der Waals surface area (Å²) in [5, 5.41) is 16.5. The number of benzene rings is 2. The number of H-pyrrole nitrogens is 1. The van der Waals surface area contributed by atoms with Crippen molar-refractivity contribution in [2.75, 3.05) is 6.54 Å². The summed E-state index contributed by atoms with van der Waals surface area (Å²) in [4.78, 5) is 8.14. The van der Waals surface area contributed by atoms with Crippen LogP contribution in [0.25, 0.3) is 10.9 Å². The largest absolute Gasteiger partial charge is 0.361 e. The number of aliphatic imine (C=N–C) groups is 1. The minimum Gasteiger partial charge on any atom is -0.361 e. The van der Waals surface area contributed by atoms with E-state index in [0.29, 0.717) is 13.1 Å². The molecule has 0 saturated heterocycles. The van der Waals surface area contributed by atoms with E-state index in [1.54, 1.807) is 0 Å². The van der Waals surface area contributed by atoms with Gasteiger partial charge in [0.05, 0.1) is 13.1 Å². The van der Waals surface area contributed by atoms with Gasteiger partial charge in [-0.1, -0.05) is 42.5 Å². The van der Waals surface area contributed by atoms with Crippen molar-refractivity contribution in [3.05, 3.63) is 83.1 Å². The average Bonchev–Trinajstić information content (AvgIpc) is 3.33. The van der Waals surface area contributed by atoms with Crippen LogP contribution in [0.2, 0.25) is 0 Å². The van der Waals surface area contributed by atoms with Crippen LogP contribution >= 0.6 is 24.0 Å². The summed E-state index contributed by atoms with van der Waals surface area (Å²) in [6.07, 6.45) is 3.00. The van der Waals surface area contributed by atoms with E-state index in [0.717, 1.165) is 30.6 Å². The summed E-state index contributed by atoms with van der Waals surface area (Å²) in [5.41, 5.74) is 4.92. The monoisotopic (exact) mass is 543 g/mol. The number of rotatable bonds is 7. The highest BCUT2D eigenvalue weighted by molar-refractivity contribution is 14.0. The summed E-state index contributed by atoms with van der Waals surface area (Å²) in [7, 11) is 1.97. The van der Waals surface area contributed by atoms with E-state index in [2.05, 4.69) is 69.3 Å². The van der Waals surface area contributed by atoms with Gasteiger partial charge in [0.25, 0.3) is 0 Å². The van der Waals surface area contributed by atoms with Gasteiger partial charge in [0, 0.05) is 30.7 Å². The molecule has 168 valence electrons.